The van der Waals surface area contributed by atoms with Gasteiger partial charge in [0.2, 0.25) is 0 Å². The van der Waals surface area contributed by atoms with Gasteiger partial charge in [-0.15, -0.1) is 0 Å². The van der Waals surface area contributed by atoms with Crippen LogP contribution in [0.3, 0.4) is 0 Å². The summed E-state index contributed by atoms with van der Waals surface area (Å²) in [7, 11) is 3.20. The summed E-state index contributed by atoms with van der Waals surface area (Å²) < 4.78 is 12.4. The smallest absolute Gasteiger partial charge is 0.176 e. The molecule has 0 atom stereocenters. The number of methoxy groups -OCH3 is 2. The Kier molecular flexibility index (Phi) is 5.93. The Labute approximate surface area is 164 Å². The molecule has 0 fully saturated rings. The van der Waals surface area contributed by atoms with Crippen molar-refractivity contribution in [2.75, 3.05) is 24.9 Å². The van der Waals surface area contributed by atoms with E-state index in [-0.39, 0.29) is 0 Å². The number of benzene rings is 2. The molecule has 0 saturated carbocycles. The van der Waals surface area contributed by atoms with E-state index in [9.17, 15) is 0 Å². The Hall–Kier alpha value is -3.06. The monoisotopic (exact) mass is 382 g/mol. The van der Waals surface area contributed by atoms with Crippen LogP contribution in [0.25, 0.3) is 0 Å². The maximum Gasteiger partial charge on any atom is 0.176 e. The first-order valence-electron chi connectivity index (χ1n) is 8.47. The molecular weight excluding hydrogens is 360 g/mol. The molecule has 1 aromatic heterocycles. The molecule has 140 valence electrons. The highest BCUT2D eigenvalue weighted by atomic mass is 32.1. The van der Waals surface area contributed by atoms with Gasteiger partial charge in [0.25, 0.3) is 0 Å². The summed E-state index contributed by atoms with van der Waals surface area (Å²) in [6, 6.07) is 15.7. The molecule has 7 heteroatoms. The van der Waals surface area contributed by atoms with Crippen molar-refractivity contribution < 1.29 is 9.47 Å². The zero-order valence-electron chi connectivity index (χ0n) is 15.5. The molecule has 1 heterocycles. The van der Waals surface area contributed by atoms with Crippen LogP contribution in [0.1, 0.15) is 11.1 Å². The summed E-state index contributed by atoms with van der Waals surface area (Å²) in [4.78, 5) is 0. The summed E-state index contributed by atoms with van der Waals surface area (Å²) in [5.41, 5.74) is 3.27. The fraction of sp³-hybridized carbons (Fsp3) is 0.200. The lowest BCUT2D eigenvalue weighted by molar-refractivity contribution is 0.355. The summed E-state index contributed by atoms with van der Waals surface area (Å²) >= 11 is 5.37. The number of anilines is 2. The van der Waals surface area contributed by atoms with Gasteiger partial charge in [-0.05, 0) is 42.4 Å². The van der Waals surface area contributed by atoms with Crippen molar-refractivity contribution in [3.05, 3.63) is 65.9 Å². The Bertz CT molecular complexity index is 939. The van der Waals surface area contributed by atoms with Gasteiger partial charge < -0.3 is 20.1 Å². The standard InChI is InChI=1S/C20H22N4O2S/c1-14-6-4-5-7-15(14)13-24-11-10-19(23-24)22-20(27)21-16-8-9-17(25-2)18(12-16)26-3/h4-12H,13H2,1-3H3,(H2,21,22,23,27). The summed E-state index contributed by atoms with van der Waals surface area (Å²) in [6.45, 7) is 2.81. The van der Waals surface area contributed by atoms with E-state index in [1.54, 1.807) is 14.2 Å². The molecule has 0 aliphatic rings. The molecule has 3 rings (SSSR count). The third-order valence-corrected chi connectivity index (χ3v) is 4.32. The van der Waals surface area contributed by atoms with Crippen molar-refractivity contribution in [3.63, 3.8) is 0 Å². The van der Waals surface area contributed by atoms with E-state index in [0.29, 0.717) is 29.0 Å². The van der Waals surface area contributed by atoms with Gasteiger partial charge in [0.05, 0.1) is 20.8 Å². The Balaban J connectivity index is 1.62. The second-order valence-electron chi connectivity index (χ2n) is 5.97. The van der Waals surface area contributed by atoms with Crippen LogP contribution in [-0.2, 0) is 6.54 Å². The van der Waals surface area contributed by atoms with Crippen molar-refractivity contribution in [1.82, 2.24) is 9.78 Å². The number of aromatic nitrogens is 2. The van der Waals surface area contributed by atoms with E-state index in [2.05, 4.69) is 34.8 Å². The van der Waals surface area contributed by atoms with Crippen molar-refractivity contribution in [1.29, 1.82) is 0 Å². The Morgan fingerprint density at radius 2 is 1.81 bits per heavy atom. The number of nitrogens with one attached hydrogen (secondary N) is 2. The van der Waals surface area contributed by atoms with Gasteiger partial charge in [0.15, 0.2) is 22.4 Å². The molecule has 2 N–H and O–H groups in total. The quantitative estimate of drug-likeness (QED) is 0.627. The molecule has 0 aliphatic heterocycles. The third kappa shape index (κ3) is 4.77. The number of hydrogen-bond acceptors (Lipinski definition) is 4. The lowest BCUT2D eigenvalue weighted by Gasteiger charge is -2.12. The number of thiocarbonyl (C=S) groups is 1. The van der Waals surface area contributed by atoms with E-state index >= 15 is 0 Å². The average molecular weight is 382 g/mol. The Morgan fingerprint density at radius 3 is 2.56 bits per heavy atom. The molecular formula is C20H22N4O2S. The highest BCUT2D eigenvalue weighted by Crippen LogP contribution is 2.29. The molecule has 3 aromatic rings. The van der Waals surface area contributed by atoms with Crippen molar-refractivity contribution in [3.8, 4) is 11.5 Å². The van der Waals surface area contributed by atoms with Crippen molar-refractivity contribution >= 4 is 28.8 Å². The molecule has 0 spiro atoms. The highest BCUT2D eigenvalue weighted by molar-refractivity contribution is 7.80. The molecule has 0 radical (unpaired) electrons. The first-order chi connectivity index (χ1) is 13.1. The first kappa shape index (κ1) is 18.7. The molecule has 2 aromatic carbocycles. The van der Waals surface area contributed by atoms with E-state index < -0.39 is 0 Å². The maximum atomic E-state index is 5.37. The third-order valence-electron chi connectivity index (χ3n) is 4.12. The number of hydrogen-bond donors (Lipinski definition) is 2. The SMILES string of the molecule is COc1ccc(NC(=S)Nc2ccn(Cc3ccccc3C)n2)cc1OC. The van der Waals surface area contributed by atoms with E-state index in [0.717, 1.165) is 5.69 Å². The van der Waals surface area contributed by atoms with Gasteiger partial charge >= 0.3 is 0 Å². The van der Waals surface area contributed by atoms with Crippen LogP contribution in [-0.4, -0.2) is 29.1 Å². The number of nitrogens with zero attached hydrogens (tertiary/aromatic N) is 2. The lowest BCUT2D eigenvalue weighted by atomic mass is 10.1. The van der Waals surface area contributed by atoms with Crippen molar-refractivity contribution in [2.45, 2.75) is 13.5 Å². The van der Waals surface area contributed by atoms with E-state index in [1.807, 2.05) is 47.3 Å². The molecule has 0 saturated heterocycles. The van der Waals surface area contributed by atoms with Crippen LogP contribution < -0.4 is 20.1 Å². The second-order valence-corrected chi connectivity index (χ2v) is 6.38. The van der Waals surface area contributed by atoms with Crippen LogP contribution >= 0.6 is 12.2 Å². The number of aryl methyl sites for hydroxylation is 1. The van der Waals surface area contributed by atoms with Crippen LogP contribution in [0.5, 0.6) is 11.5 Å². The molecule has 0 amide bonds. The minimum atomic E-state index is 0.448. The van der Waals surface area contributed by atoms with E-state index in [4.69, 9.17) is 21.7 Å². The summed E-state index contributed by atoms with van der Waals surface area (Å²) in [5, 5.41) is 11.2. The van der Waals surface area contributed by atoms with Crippen LogP contribution in [0.2, 0.25) is 0 Å². The largest absolute Gasteiger partial charge is 0.493 e. The first-order valence-corrected chi connectivity index (χ1v) is 8.88. The molecule has 0 aliphatic carbocycles. The van der Waals surface area contributed by atoms with Gasteiger partial charge in [-0.1, -0.05) is 24.3 Å². The van der Waals surface area contributed by atoms with Gasteiger partial charge in [0.1, 0.15) is 0 Å². The van der Waals surface area contributed by atoms with Crippen LogP contribution in [0.4, 0.5) is 11.5 Å². The minimum absolute atomic E-state index is 0.448. The van der Waals surface area contributed by atoms with Gasteiger partial charge in [-0.2, -0.15) is 5.10 Å². The zero-order valence-corrected chi connectivity index (χ0v) is 16.3. The number of ether oxygens (including phenoxy) is 2. The fourth-order valence-electron chi connectivity index (χ4n) is 2.67. The average Bonchev–Trinajstić information content (AvgIpc) is 3.10. The Morgan fingerprint density at radius 1 is 1.04 bits per heavy atom. The van der Waals surface area contributed by atoms with E-state index in [1.165, 1.54) is 11.1 Å². The number of rotatable bonds is 6. The second kappa shape index (κ2) is 8.55. The van der Waals surface area contributed by atoms with Gasteiger partial charge in [-0.25, -0.2) is 0 Å². The zero-order chi connectivity index (χ0) is 19.2. The lowest BCUT2D eigenvalue weighted by Crippen LogP contribution is -2.19. The van der Waals surface area contributed by atoms with Gasteiger partial charge in [0, 0.05) is 24.0 Å². The highest BCUT2D eigenvalue weighted by Gasteiger charge is 2.07. The summed E-state index contributed by atoms with van der Waals surface area (Å²) in [6.07, 6.45) is 1.92. The van der Waals surface area contributed by atoms with Crippen molar-refractivity contribution in [2.24, 2.45) is 0 Å². The molecule has 0 bridgehead atoms. The topological polar surface area (TPSA) is 60.3 Å². The summed E-state index contributed by atoms with van der Waals surface area (Å²) in [5.74, 6) is 1.98. The fourth-order valence-corrected chi connectivity index (χ4v) is 2.89. The predicted molar refractivity (Wildman–Crippen MR) is 112 cm³/mol. The molecule has 6 nitrogen and oxygen atoms in total. The predicted octanol–water partition coefficient (Wildman–Crippen LogP) is 4.07. The van der Waals surface area contributed by atoms with Crippen LogP contribution in [0, 0.1) is 6.92 Å². The molecule has 27 heavy (non-hydrogen) atoms. The van der Waals surface area contributed by atoms with Gasteiger partial charge in [-0.3, -0.25) is 4.68 Å². The minimum Gasteiger partial charge on any atom is -0.493 e. The maximum absolute atomic E-state index is 5.37. The molecule has 0 unspecified atom stereocenters. The van der Waals surface area contributed by atoms with Crippen LogP contribution in [0.15, 0.2) is 54.7 Å². The normalized spacial score (nSPS) is 10.3.